The molecule has 0 bridgehead atoms. The maximum absolute atomic E-state index is 12.1. The van der Waals surface area contributed by atoms with Crippen molar-refractivity contribution in [3.05, 3.63) is 65.2 Å². The largest absolute Gasteiger partial charge is 0.493 e. The van der Waals surface area contributed by atoms with Crippen molar-refractivity contribution in [2.45, 2.75) is 32.9 Å². The lowest BCUT2D eigenvalue weighted by molar-refractivity contribution is -0.116. The maximum atomic E-state index is 12.1. The van der Waals surface area contributed by atoms with Gasteiger partial charge in [0.2, 0.25) is 5.91 Å². The second-order valence-electron chi connectivity index (χ2n) is 6.10. The fourth-order valence-corrected chi connectivity index (χ4v) is 2.88. The Morgan fingerprint density at radius 1 is 1.32 bits per heavy atom. The number of fused-ring (bicyclic) bond motifs is 1. The van der Waals surface area contributed by atoms with Crippen LogP contribution in [0.1, 0.15) is 30.5 Å². The first kappa shape index (κ1) is 17.1. The summed E-state index contributed by atoms with van der Waals surface area (Å²) in [5.41, 5.74) is 3.07. The highest BCUT2D eigenvalue weighted by atomic mass is 16.5. The molecule has 1 aliphatic heterocycles. The first-order valence-corrected chi connectivity index (χ1v) is 8.62. The summed E-state index contributed by atoms with van der Waals surface area (Å²) >= 11 is 0. The van der Waals surface area contributed by atoms with E-state index in [2.05, 4.69) is 5.32 Å². The first-order chi connectivity index (χ1) is 12.2. The Kier molecular flexibility index (Phi) is 5.39. The van der Waals surface area contributed by atoms with Crippen LogP contribution < -0.4 is 14.8 Å². The van der Waals surface area contributed by atoms with Gasteiger partial charge in [-0.1, -0.05) is 30.3 Å². The minimum Gasteiger partial charge on any atom is -0.493 e. The lowest BCUT2D eigenvalue weighted by atomic mass is 10.1. The highest BCUT2D eigenvalue weighted by molar-refractivity contribution is 5.92. The molecule has 0 saturated carbocycles. The average molecular weight is 337 g/mol. The van der Waals surface area contributed by atoms with Gasteiger partial charge in [0.1, 0.15) is 17.6 Å². The minimum absolute atomic E-state index is 0.138. The summed E-state index contributed by atoms with van der Waals surface area (Å²) in [7, 11) is 0. The van der Waals surface area contributed by atoms with Gasteiger partial charge in [0.25, 0.3) is 0 Å². The molecule has 0 radical (unpaired) electrons. The van der Waals surface area contributed by atoms with E-state index in [1.807, 2.05) is 56.3 Å². The Morgan fingerprint density at radius 3 is 2.88 bits per heavy atom. The summed E-state index contributed by atoms with van der Waals surface area (Å²) in [6.07, 6.45) is 4.37. The van der Waals surface area contributed by atoms with Crippen LogP contribution in [0.5, 0.6) is 11.5 Å². The fourth-order valence-electron chi connectivity index (χ4n) is 2.88. The van der Waals surface area contributed by atoms with E-state index in [-0.39, 0.29) is 12.0 Å². The van der Waals surface area contributed by atoms with Crippen molar-refractivity contribution in [3.8, 4) is 11.5 Å². The SMILES string of the molecule is CCOc1cc2c(cc1/C=C/C(=O)NCc1ccccc1)O[C@@H](C)C2. The lowest BCUT2D eigenvalue weighted by Crippen LogP contribution is -2.20. The molecule has 4 nitrogen and oxygen atoms in total. The van der Waals surface area contributed by atoms with E-state index < -0.39 is 0 Å². The van der Waals surface area contributed by atoms with Crippen LogP contribution in [0.25, 0.3) is 6.08 Å². The molecule has 1 N–H and O–H groups in total. The van der Waals surface area contributed by atoms with E-state index in [0.717, 1.165) is 34.6 Å². The zero-order valence-electron chi connectivity index (χ0n) is 14.6. The molecule has 0 aromatic heterocycles. The van der Waals surface area contributed by atoms with Crippen LogP contribution in [0, 0.1) is 0 Å². The van der Waals surface area contributed by atoms with Gasteiger partial charge in [-0.25, -0.2) is 0 Å². The Balaban J connectivity index is 1.69. The van der Waals surface area contributed by atoms with Gasteiger partial charge in [-0.15, -0.1) is 0 Å². The van der Waals surface area contributed by atoms with Crippen molar-refractivity contribution >= 4 is 12.0 Å². The molecule has 2 aromatic carbocycles. The molecule has 0 spiro atoms. The van der Waals surface area contributed by atoms with Crippen LogP contribution in [-0.4, -0.2) is 18.6 Å². The molecule has 130 valence electrons. The molecule has 1 atom stereocenters. The fraction of sp³-hybridized carbons (Fsp3) is 0.286. The predicted molar refractivity (Wildman–Crippen MR) is 98.7 cm³/mol. The van der Waals surface area contributed by atoms with Gasteiger partial charge in [0.15, 0.2) is 0 Å². The summed E-state index contributed by atoms with van der Waals surface area (Å²) in [6, 6.07) is 13.8. The third kappa shape index (κ3) is 4.41. The molecular formula is C21H23NO3. The van der Waals surface area contributed by atoms with Crippen molar-refractivity contribution in [2.24, 2.45) is 0 Å². The van der Waals surface area contributed by atoms with Gasteiger partial charge in [0.05, 0.1) is 6.61 Å². The van der Waals surface area contributed by atoms with Gasteiger partial charge in [0, 0.05) is 30.2 Å². The lowest BCUT2D eigenvalue weighted by Gasteiger charge is -2.10. The van der Waals surface area contributed by atoms with Crippen LogP contribution in [0.15, 0.2) is 48.5 Å². The third-order valence-corrected chi connectivity index (χ3v) is 4.05. The van der Waals surface area contributed by atoms with Crippen molar-refractivity contribution in [3.63, 3.8) is 0 Å². The molecule has 4 heteroatoms. The van der Waals surface area contributed by atoms with E-state index in [9.17, 15) is 4.79 Å². The molecule has 0 fully saturated rings. The van der Waals surface area contributed by atoms with Gasteiger partial charge in [-0.05, 0) is 37.6 Å². The normalized spacial score (nSPS) is 15.7. The van der Waals surface area contributed by atoms with E-state index in [4.69, 9.17) is 9.47 Å². The Hall–Kier alpha value is -2.75. The smallest absolute Gasteiger partial charge is 0.244 e. The highest BCUT2D eigenvalue weighted by Crippen LogP contribution is 2.35. The third-order valence-electron chi connectivity index (χ3n) is 4.05. The molecule has 1 aliphatic rings. The van der Waals surface area contributed by atoms with Crippen molar-refractivity contribution in [2.75, 3.05) is 6.61 Å². The highest BCUT2D eigenvalue weighted by Gasteiger charge is 2.21. The number of carbonyl (C=O) groups is 1. The summed E-state index contributed by atoms with van der Waals surface area (Å²) in [5, 5.41) is 2.88. The van der Waals surface area contributed by atoms with Crippen molar-refractivity contribution in [1.29, 1.82) is 0 Å². The zero-order chi connectivity index (χ0) is 17.6. The molecule has 0 aliphatic carbocycles. The Morgan fingerprint density at radius 2 is 2.12 bits per heavy atom. The number of carbonyl (C=O) groups excluding carboxylic acids is 1. The minimum atomic E-state index is -0.138. The standard InChI is InChI=1S/C21H23NO3/c1-3-24-19-13-18-11-15(2)25-20(18)12-17(19)9-10-21(23)22-14-16-7-5-4-6-8-16/h4-10,12-13,15H,3,11,14H2,1-2H3,(H,22,23)/b10-9+/t15-/m0/s1. The summed E-state index contributed by atoms with van der Waals surface area (Å²) in [4.78, 5) is 12.1. The van der Waals surface area contributed by atoms with Gasteiger partial charge >= 0.3 is 0 Å². The quantitative estimate of drug-likeness (QED) is 0.817. The molecule has 0 saturated heterocycles. The van der Waals surface area contributed by atoms with Crippen molar-refractivity contribution in [1.82, 2.24) is 5.32 Å². The monoisotopic (exact) mass is 337 g/mol. The molecule has 1 amide bonds. The van der Waals surface area contributed by atoms with Gasteiger partial charge in [-0.2, -0.15) is 0 Å². The number of hydrogen-bond donors (Lipinski definition) is 1. The summed E-state index contributed by atoms with van der Waals surface area (Å²) in [5.74, 6) is 1.52. The van der Waals surface area contributed by atoms with Crippen LogP contribution in [-0.2, 0) is 17.8 Å². The van der Waals surface area contributed by atoms with Gasteiger partial charge in [-0.3, -0.25) is 4.79 Å². The molecule has 0 unspecified atom stereocenters. The molecule has 1 heterocycles. The van der Waals surface area contributed by atoms with E-state index >= 15 is 0 Å². The van der Waals surface area contributed by atoms with Gasteiger partial charge < -0.3 is 14.8 Å². The number of rotatable bonds is 6. The first-order valence-electron chi connectivity index (χ1n) is 8.62. The molecule has 3 rings (SSSR count). The maximum Gasteiger partial charge on any atom is 0.244 e. The number of hydrogen-bond acceptors (Lipinski definition) is 3. The van der Waals surface area contributed by atoms with Crippen LogP contribution in [0.2, 0.25) is 0 Å². The molecule has 25 heavy (non-hydrogen) atoms. The topological polar surface area (TPSA) is 47.6 Å². The second kappa shape index (κ2) is 7.88. The second-order valence-corrected chi connectivity index (χ2v) is 6.10. The zero-order valence-corrected chi connectivity index (χ0v) is 14.6. The summed E-state index contributed by atoms with van der Waals surface area (Å²) in [6.45, 7) is 5.09. The van der Waals surface area contributed by atoms with E-state index in [1.165, 1.54) is 6.08 Å². The van der Waals surface area contributed by atoms with E-state index in [1.54, 1.807) is 6.08 Å². The van der Waals surface area contributed by atoms with Crippen molar-refractivity contribution < 1.29 is 14.3 Å². The van der Waals surface area contributed by atoms with Crippen LogP contribution >= 0.6 is 0 Å². The number of benzene rings is 2. The Labute approximate surface area is 148 Å². The average Bonchev–Trinajstić information content (AvgIpc) is 2.98. The predicted octanol–water partition coefficient (Wildman–Crippen LogP) is 3.74. The van der Waals surface area contributed by atoms with Crippen LogP contribution in [0.3, 0.4) is 0 Å². The number of amides is 1. The number of ether oxygens (including phenoxy) is 2. The van der Waals surface area contributed by atoms with E-state index in [0.29, 0.717) is 13.2 Å². The summed E-state index contributed by atoms with van der Waals surface area (Å²) < 4.78 is 11.5. The Bertz CT molecular complexity index is 768. The molecule has 2 aromatic rings. The molecular weight excluding hydrogens is 314 g/mol. The number of nitrogens with one attached hydrogen (secondary N) is 1. The van der Waals surface area contributed by atoms with Crippen LogP contribution in [0.4, 0.5) is 0 Å².